The number of carbonyl (C=O) groups excluding carboxylic acids is 2. The summed E-state index contributed by atoms with van der Waals surface area (Å²) in [6.07, 6.45) is 0. The zero-order valence-corrected chi connectivity index (χ0v) is 12.7. The van der Waals surface area contributed by atoms with Crippen molar-refractivity contribution in [3.05, 3.63) is 27.7 Å². The Bertz CT molecular complexity index is 619. The van der Waals surface area contributed by atoms with Crippen LogP contribution in [-0.4, -0.2) is 59.5 Å². The Hall–Kier alpha value is -2.22. The molecule has 0 aromatic carbocycles. The van der Waals surface area contributed by atoms with Gasteiger partial charge in [-0.05, 0) is 19.9 Å². The Balaban J connectivity index is 2.21. The highest BCUT2D eigenvalue weighted by atomic mass is 16.5. The van der Waals surface area contributed by atoms with Crippen LogP contribution in [0.1, 0.15) is 23.0 Å². The Kier molecular flexibility index (Phi) is 5.26. The predicted octanol–water partition coefficient (Wildman–Crippen LogP) is -0.413. The second kappa shape index (κ2) is 7.17. The number of nitrogens with zero attached hydrogens (tertiary/aromatic N) is 3. The lowest BCUT2D eigenvalue weighted by atomic mass is 10.2. The monoisotopic (exact) mass is 309 g/mol. The number of hydrogen-bond donors (Lipinski definition) is 0. The van der Waals surface area contributed by atoms with E-state index in [9.17, 15) is 14.4 Å². The molecule has 1 aromatic rings. The Morgan fingerprint density at radius 3 is 2.68 bits per heavy atom. The van der Waals surface area contributed by atoms with E-state index in [0.29, 0.717) is 32.0 Å². The molecule has 0 atom stereocenters. The SMILES string of the molecule is CCOC(=O)c1cc(C)nn(CC(=O)N2CCOCC2)c1=O. The summed E-state index contributed by atoms with van der Waals surface area (Å²) in [6.45, 7) is 5.23. The van der Waals surface area contributed by atoms with Crippen molar-refractivity contribution in [2.45, 2.75) is 20.4 Å². The summed E-state index contributed by atoms with van der Waals surface area (Å²) in [5.74, 6) is -0.927. The fraction of sp³-hybridized carbons (Fsp3) is 0.571. The summed E-state index contributed by atoms with van der Waals surface area (Å²) in [5.41, 5.74) is -0.257. The van der Waals surface area contributed by atoms with Gasteiger partial charge in [-0.3, -0.25) is 9.59 Å². The Morgan fingerprint density at radius 2 is 2.05 bits per heavy atom. The van der Waals surface area contributed by atoms with Crippen LogP contribution >= 0.6 is 0 Å². The zero-order chi connectivity index (χ0) is 16.1. The van der Waals surface area contributed by atoms with Gasteiger partial charge in [0.15, 0.2) is 0 Å². The topological polar surface area (TPSA) is 90.7 Å². The molecule has 0 aliphatic carbocycles. The average Bonchev–Trinajstić information content (AvgIpc) is 2.51. The first kappa shape index (κ1) is 16.2. The molecule has 2 rings (SSSR count). The van der Waals surface area contributed by atoms with E-state index in [1.807, 2.05) is 0 Å². The van der Waals surface area contributed by atoms with E-state index < -0.39 is 11.5 Å². The normalized spacial score (nSPS) is 14.7. The number of carbonyl (C=O) groups is 2. The van der Waals surface area contributed by atoms with E-state index in [2.05, 4.69) is 5.10 Å². The Labute approximate surface area is 127 Å². The van der Waals surface area contributed by atoms with Gasteiger partial charge in [0.25, 0.3) is 5.56 Å². The van der Waals surface area contributed by atoms with Crippen molar-refractivity contribution < 1.29 is 19.1 Å². The molecule has 22 heavy (non-hydrogen) atoms. The van der Waals surface area contributed by atoms with E-state index in [-0.39, 0.29) is 24.6 Å². The van der Waals surface area contributed by atoms with E-state index in [4.69, 9.17) is 9.47 Å². The van der Waals surface area contributed by atoms with Crippen LogP contribution < -0.4 is 5.56 Å². The van der Waals surface area contributed by atoms with Crippen LogP contribution in [0.5, 0.6) is 0 Å². The lowest BCUT2D eigenvalue weighted by Gasteiger charge is -2.26. The number of rotatable bonds is 4. The maximum Gasteiger partial charge on any atom is 0.343 e. The first-order valence-electron chi connectivity index (χ1n) is 7.14. The molecule has 1 amide bonds. The van der Waals surface area contributed by atoms with Gasteiger partial charge in [-0.1, -0.05) is 0 Å². The van der Waals surface area contributed by atoms with E-state index in [0.717, 1.165) is 4.68 Å². The molecule has 0 N–H and O–H groups in total. The van der Waals surface area contributed by atoms with Crippen LogP contribution in [-0.2, 0) is 20.8 Å². The number of morpholine rings is 1. The molecule has 2 heterocycles. The molecule has 0 unspecified atom stereocenters. The van der Waals surface area contributed by atoms with Crippen molar-refractivity contribution >= 4 is 11.9 Å². The van der Waals surface area contributed by atoms with Crippen LogP contribution in [0.25, 0.3) is 0 Å². The van der Waals surface area contributed by atoms with Gasteiger partial charge in [0.1, 0.15) is 12.1 Å². The third kappa shape index (κ3) is 3.70. The van der Waals surface area contributed by atoms with Crippen molar-refractivity contribution in [2.75, 3.05) is 32.9 Å². The van der Waals surface area contributed by atoms with Gasteiger partial charge in [-0.2, -0.15) is 5.10 Å². The van der Waals surface area contributed by atoms with Gasteiger partial charge in [-0.15, -0.1) is 0 Å². The van der Waals surface area contributed by atoms with Gasteiger partial charge in [0.2, 0.25) is 5.91 Å². The van der Waals surface area contributed by atoms with E-state index >= 15 is 0 Å². The smallest absolute Gasteiger partial charge is 0.343 e. The highest BCUT2D eigenvalue weighted by Crippen LogP contribution is 2.01. The molecular formula is C14H19N3O5. The van der Waals surface area contributed by atoms with Crippen LogP contribution in [0, 0.1) is 6.92 Å². The second-order valence-corrected chi connectivity index (χ2v) is 4.88. The minimum absolute atomic E-state index is 0.107. The van der Waals surface area contributed by atoms with Crippen molar-refractivity contribution in [1.82, 2.24) is 14.7 Å². The highest BCUT2D eigenvalue weighted by molar-refractivity contribution is 5.89. The quantitative estimate of drug-likeness (QED) is 0.702. The minimum atomic E-state index is -0.703. The molecule has 0 bridgehead atoms. The van der Waals surface area contributed by atoms with E-state index in [1.165, 1.54) is 6.07 Å². The fourth-order valence-corrected chi connectivity index (χ4v) is 2.18. The van der Waals surface area contributed by atoms with Crippen molar-refractivity contribution in [3.63, 3.8) is 0 Å². The number of esters is 1. The fourth-order valence-electron chi connectivity index (χ4n) is 2.18. The number of aryl methyl sites for hydroxylation is 1. The van der Waals surface area contributed by atoms with Crippen molar-refractivity contribution in [1.29, 1.82) is 0 Å². The number of amides is 1. The maximum atomic E-state index is 12.3. The summed E-state index contributed by atoms with van der Waals surface area (Å²) in [6, 6.07) is 1.37. The first-order chi connectivity index (χ1) is 10.5. The largest absolute Gasteiger partial charge is 0.462 e. The predicted molar refractivity (Wildman–Crippen MR) is 76.6 cm³/mol. The molecule has 0 spiro atoms. The van der Waals surface area contributed by atoms with Gasteiger partial charge in [-0.25, -0.2) is 9.48 Å². The molecule has 8 heteroatoms. The maximum absolute atomic E-state index is 12.3. The molecular weight excluding hydrogens is 290 g/mol. The van der Waals surface area contributed by atoms with Gasteiger partial charge < -0.3 is 14.4 Å². The summed E-state index contributed by atoms with van der Waals surface area (Å²) < 4.78 is 11.0. The molecule has 8 nitrogen and oxygen atoms in total. The lowest BCUT2D eigenvalue weighted by molar-refractivity contribution is -0.136. The molecule has 0 saturated carbocycles. The molecule has 1 fully saturated rings. The van der Waals surface area contributed by atoms with Crippen molar-refractivity contribution in [3.8, 4) is 0 Å². The molecule has 1 saturated heterocycles. The zero-order valence-electron chi connectivity index (χ0n) is 12.7. The van der Waals surface area contributed by atoms with Crippen LogP contribution in [0.15, 0.2) is 10.9 Å². The third-order valence-corrected chi connectivity index (χ3v) is 3.24. The van der Waals surface area contributed by atoms with Gasteiger partial charge in [0, 0.05) is 13.1 Å². The number of ether oxygens (including phenoxy) is 2. The van der Waals surface area contributed by atoms with Gasteiger partial charge in [0.05, 0.1) is 25.5 Å². The number of aromatic nitrogens is 2. The first-order valence-corrected chi connectivity index (χ1v) is 7.14. The lowest BCUT2D eigenvalue weighted by Crippen LogP contribution is -2.44. The summed E-state index contributed by atoms with van der Waals surface area (Å²) in [4.78, 5) is 37.8. The molecule has 1 aromatic heterocycles. The molecule has 1 aliphatic rings. The third-order valence-electron chi connectivity index (χ3n) is 3.24. The summed E-state index contributed by atoms with van der Waals surface area (Å²) in [5, 5.41) is 4.03. The standard InChI is InChI=1S/C14H19N3O5/c1-3-22-14(20)11-8-10(2)15-17(13(11)19)9-12(18)16-4-6-21-7-5-16/h8H,3-7,9H2,1-2H3. The average molecular weight is 309 g/mol. The molecule has 0 radical (unpaired) electrons. The molecule has 120 valence electrons. The van der Waals surface area contributed by atoms with Crippen molar-refractivity contribution in [2.24, 2.45) is 0 Å². The van der Waals surface area contributed by atoms with Crippen LogP contribution in [0.3, 0.4) is 0 Å². The van der Waals surface area contributed by atoms with Crippen LogP contribution in [0.4, 0.5) is 0 Å². The Morgan fingerprint density at radius 1 is 1.36 bits per heavy atom. The van der Waals surface area contributed by atoms with Gasteiger partial charge >= 0.3 is 5.97 Å². The van der Waals surface area contributed by atoms with Crippen LogP contribution in [0.2, 0.25) is 0 Å². The second-order valence-electron chi connectivity index (χ2n) is 4.88. The number of hydrogen-bond acceptors (Lipinski definition) is 6. The molecule has 1 aliphatic heterocycles. The van der Waals surface area contributed by atoms with E-state index in [1.54, 1.807) is 18.7 Å². The summed E-state index contributed by atoms with van der Waals surface area (Å²) in [7, 11) is 0. The minimum Gasteiger partial charge on any atom is -0.462 e. The highest BCUT2D eigenvalue weighted by Gasteiger charge is 2.21. The summed E-state index contributed by atoms with van der Waals surface area (Å²) >= 11 is 0.